The predicted octanol–water partition coefficient (Wildman–Crippen LogP) is 4.00. The Kier molecular flexibility index (Phi) is 6.87. The van der Waals surface area contributed by atoms with E-state index in [1.807, 2.05) is 0 Å². The Hall–Kier alpha value is -1.52. The lowest BCUT2D eigenvalue weighted by Gasteiger charge is -2.33. The fraction of sp³-hybridized carbons (Fsp3) is 0.588. The number of esters is 1. The Balaban J connectivity index is 3.02. The van der Waals surface area contributed by atoms with E-state index in [9.17, 15) is 9.36 Å². The van der Waals surface area contributed by atoms with E-state index < -0.39 is 24.7 Å². The zero-order valence-electron chi connectivity index (χ0n) is 15.5. The number of methoxy groups -OCH3 is 1. The Bertz CT molecular complexity index is 609. The number of carbonyl (C=O) groups excluding carboxylic acids is 1. The van der Waals surface area contributed by atoms with Crippen molar-refractivity contribution in [2.45, 2.75) is 58.8 Å². The molecule has 7 heteroatoms. The first kappa shape index (κ1) is 20.5. The molecule has 0 aliphatic carbocycles. The van der Waals surface area contributed by atoms with Gasteiger partial charge in [-0.05, 0) is 53.7 Å². The predicted molar refractivity (Wildman–Crippen MR) is 94.8 cm³/mol. The second-order valence-electron chi connectivity index (χ2n) is 6.83. The lowest BCUT2D eigenvalue weighted by Crippen LogP contribution is -2.40. The van der Waals surface area contributed by atoms with Crippen LogP contribution in [0.2, 0.25) is 0 Å². The lowest BCUT2D eigenvalue weighted by atomic mass is 10.3. The molecule has 0 bridgehead atoms. The molecule has 0 amide bonds. The van der Waals surface area contributed by atoms with Gasteiger partial charge in [0, 0.05) is 6.07 Å². The molecule has 0 radical (unpaired) electrons. The minimum atomic E-state index is -3.42. The van der Waals surface area contributed by atoms with Crippen molar-refractivity contribution < 1.29 is 23.4 Å². The van der Waals surface area contributed by atoms with Gasteiger partial charge in [-0.1, -0.05) is 6.07 Å². The van der Waals surface area contributed by atoms with Crippen molar-refractivity contribution in [3.8, 4) is 11.5 Å². The fourth-order valence-electron chi connectivity index (χ4n) is 1.81. The maximum atomic E-state index is 13.4. The van der Waals surface area contributed by atoms with Gasteiger partial charge in [0.1, 0.15) is 17.5 Å². The van der Waals surface area contributed by atoms with Crippen LogP contribution in [0.25, 0.3) is 0 Å². The van der Waals surface area contributed by atoms with Crippen LogP contribution in [-0.2, 0) is 14.1 Å². The molecule has 1 aromatic rings. The highest BCUT2D eigenvalue weighted by molar-refractivity contribution is 7.59. The molecule has 0 heterocycles. The summed E-state index contributed by atoms with van der Waals surface area (Å²) in [6, 6.07) is 6.10. The zero-order chi connectivity index (χ0) is 18.5. The quantitative estimate of drug-likeness (QED) is 0.587. The van der Waals surface area contributed by atoms with Crippen LogP contribution in [0.4, 0.5) is 0 Å². The molecular formula is C17H28NO5P. The third kappa shape index (κ3) is 5.53. The molecule has 0 aliphatic rings. The van der Waals surface area contributed by atoms with Gasteiger partial charge >= 0.3 is 13.5 Å². The second kappa shape index (κ2) is 8.04. The zero-order valence-corrected chi connectivity index (χ0v) is 16.3. The average molecular weight is 357 g/mol. The van der Waals surface area contributed by atoms with Gasteiger partial charge in [0.2, 0.25) is 0 Å². The summed E-state index contributed by atoms with van der Waals surface area (Å²) in [6.45, 7) is 10.5. The molecule has 0 spiro atoms. The van der Waals surface area contributed by atoms with Gasteiger partial charge in [-0.2, -0.15) is 0 Å². The van der Waals surface area contributed by atoms with Crippen molar-refractivity contribution >= 4 is 13.5 Å². The standard InChI is InChI=1S/C17H28NO5P/c1-12(2)22-16(19)13(3)18-24(20,17(4,5)6)23-15-10-8-9-14(11-15)21-7/h8-13H,1-7H3,(H,18,20)/t13-,24+/m0/s1. The monoisotopic (exact) mass is 357 g/mol. The number of carbonyl (C=O) groups is 1. The number of hydrogen-bond acceptors (Lipinski definition) is 5. The molecule has 0 aromatic heterocycles. The van der Waals surface area contributed by atoms with E-state index >= 15 is 0 Å². The van der Waals surface area contributed by atoms with Crippen molar-refractivity contribution in [2.24, 2.45) is 0 Å². The molecule has 0 fully saturated rings. The molecule has 6 nitrogen and oxygen atoms in total. The van der Waals surface area contributed by atoms with E-state index in [1.165, 1.54) is 0 Å². The largest absolute Gasteiger partial charge is 0.497 e. The molecule has 1 aromatic carbocycles. The van der Waals surface area contributed by atoms with Crippen LogP contribution < -0.4 is 14.3 Å². The van der Waals surface area contributed by atoms with E-state index in [4.69, 9.17) is 14.0 Å². The summed E-state index contributed by atoms with van der Waals surface area (Å²) < 4.78 is 29.5. The lowest BCUT2D eigenvalue weighted by molar-refractivity contribution is -0.149. The Morgan fingerprint density at radius 2 is 1.75 bits per heavy atom. The number of nitrogens with one attached hydrogen (secondary N) is 1. The van der Waals surface area contributed by atoms with Crippen molar-refractivity contribution in [1.82, 2.24) is 5.09 Å². The summed E-state index contributed by atoms with van der Waals surface area (Å²) in [6.07, 6.45) is -0.241. The van der Waals surface area contributed by atoms with E-state index in [0.717, 1.165) is 0 Å². The van der Waals surface area contributed by atoms with E-state index in [2.05, 4.69) is 5.09 Å². The van der Waals surface area contributed by atoms with Gasteiger partial charge in [0.05, 0.1) is 18.4 Å². The SMILES string of the molecule is COc1cccc(O[P@@](=O)(N[C@@H](C)C(=O)OC(C)C)C(C)(C)C)c1. The Labute approximate surface area is 144 Å². The van der Waals surface area contributed by atoms with Crippen LogP contribution in [-0.4, -0.2) is 30.4 Å². The molecule has 136 valence electrons. The maximum absolute atomic E-state index is 13.4. The first-order valence-corrected chi connectivity index (χ1v) is 9.53. The maximum Gasteiger partial charge on any atom is 0.323 e. The smallest absolute Gasteiger partial charge is 0.323 e. The molecule has 1 N–H and O–H groups in total. The van der Waals surface area contributed by atoms with Gasteiger partial charge in [-0.15, -0.1) is 0 Å². The van der Waals surface area contributed by atoms with Crippen molar-refractivity contribution in [3.05, 3.63) is 24.3 Å². The Morgan fingerprint density at radius 3 is 2.25 bits per heavy atom. The minimum absolute atomic E-state index is 0.241. The van der Waals surface area contributed by atoms with Crippen LogP contribution in [0, 0.1) is 0 Å². The summed E-state index contributed by atoms with van der Waals surface area (Å²) in [5.74, 6) is 0.536. The third-order valence-corrected chi connectivity index (χ3v) is 6.19. The van der Waals surface area contributed by atoms with Crippen molar-refractivity contribution in [2.75, 3.05) is 7.11 Å². The summed E-state index contributed by atoms with van der Waals surface area (Å²) >= 11 is 0. The molecule has 2 atom stereocenters. The number of benzene rings is 1. The van der Waals surface area contributed by atoms with Crippen LogP contribution in [0.5, 0.6) is 11.5 Å². The highest BCUT2D eigenvalue weighted by atomic mass is 31.2. The second-order valence-corrected chi connectivity index (χ2v) is 9.71. The van der Waals surface area contributed by atoms with E-state index in [-0.39, 0.29) is 6.10 Å². The minimum Gasteiger partial charge on any atom is -0.497 e. The number of hydrogen-bond donors (Lipinski definition) is 1. The number of ether oxygens (including phenoxy) is 2. The first-order chi connectivity index (χ1) is 11.0. The Morgan fingerprint density at radius 1 is 1.17 bits per heavy atom. The third-order valence-electron chi connectivity index (χ3n) is 3.23. The molecule has 0 aliphatic heterocycles. The molecular weight excluding hydrogens is 329 g/mol. The van der Waals surface area contributed by atoms with Gasteiger partial charge in [0.25, 0.3) is 0 Å². The fourth-order valence-corrected chi connectivity index (χ4v) is 3.54. The highest BCUT2D eigenvalue weighted by Crippen LogP contribution is 2.55. The summed E-state index contributed by atoms with van der Waals surface area (Å²) in [7, 11) is -1.87. The molecule has 0 saturated heterocycles. The first-order valence-electron chi connectivity index (χ1n) is 7.90. The summed E-state index contributed by atoms with van der Waals surface area (Å²) in [5.41, 5.74) is 0. The topological polar surface area (TPSA) is 73.9 Å². The van der Waals surface area contributed by atoms with Gasteiger partial charge in [-0.3, -0.25) is 9.36 Å². The average Bonchev–Trinajstić information content (AvgIpc) is 2.45. The van der Waals surface area contributed by atoms with Gasteiger partial charge in [0.15, 0.2) is 0 Å². The molecule has 24 heavy (non-hydrogen) atoms. The van der Waals surface area contributed by atoms with Crippen LogP contribution in [0.15, 0.2) is 24.3 Å². The van der Waals surface area contributed by atoms with Crippen LogP contribution in [0.1, 0.15) is 41.5 Å². The van der Waals surface area contributed by atoms with Crippen molar-refractivity contribution in [3.63, 3.8) is 0 Å². The van der Waals surface area contributed by atoms with Crippen molar-refractivity contribution in [1.29, 1.82) is 0 Å². The molecule has 0 unspecified atom stereocenters. The summed E-state index contributed by atoms with van der Waals surface area (Å²) in [5, 5.41) is 2.12. The van der Waals surface area contributed by atoms with Crippen LogP contribution in [0.3, 0.4) is 0 Å². The normalized spacial score (nSPS) is 15.5. The molecule has 1 rings (SSSR count). The van der Waals surface area contributed by atoms with E-state index in [0.29, 0.717) is 11.5 Å². The number of rotatable bonds is 7. The molecule has 0 saturated carbocycles. The van der Waals surface area contributed by atoms with E-state index in [1.54, 1.807) is 72.9 Å². The van der Waals surface area contributed by atoms with Crippen LogP contribution >= 0.6 is 7.52 Å². The highest BCUT2D eigenvalue weighted by Gasteiger charge is 2.42. The summed E-state index contributed by atoms with van der Waals surface area (Å²) in [4.78, 5) is 12.0. The van der Waals surface area contributed by atoms with Gasteiger partial charge in [-0.25, -0.2) is 5.09 Å². The van der Waals surface area contributed by atoms with Gasteiger partial charge < -0.3 is 14.0 Å².